The number of methoxy groups -OCH3 is 1. The van der Waals surface area contributed by atoms with Crippen molar-refractivity contribution >= 4 is 29.4 Å². The van der Waals surface area contributed by atoms with Gasteiger partial charge in [-0.05, 0) is 35.9 Å². The summed E-state index contributed by atoms with van der Waals surface area (Å²) in [5.41, 5.74) is 1.64. The van der Waals surface area contributed by atoms with Crippen LogP contribution in [-0.4, -0.2) is 37.3 Å². The number of rotatable bonds is 8. The molecule has 0 radical (unpaired) electrons. The normalized spacial score (nSPS) is 11.1. The molecule has 0 spiro atoms. The van der Waals surface area contributed by atoms with E-state index in [0.29, 0.717) is 16.8 Å². The summed E-state index contributed by atoms with van der Waals surface area (Å²) >= 11 is 0. The van der Waals surface area contributed by atoms with Crippen LogP contribution in [0.3, 0.4) is 0 Å². The molecule has 33 heavy (non-hydrogen) atoms. The Hall–Kier alpha value is -4.46. The molecule has 0 aliphatic rings. The van der Waals surface area contributed by atoms with Gasteiger partial charge in [0.05, 0.1) is 7.11 Å². The standard InChI is InChI=1S/C25H23N3O5/c1-33-21(29)16-26-23(30)19-13-8-14-20(15-19)27-25(32)22(17-9-4-2-5-10-17)28-24(31)18-11-6-3-7-12-18/h2-15,22H,16H2,1H3,(H,26,30)(H,27,32)(H,28,31). The average Bonchev–Trinajstić information content (AvgIpc) is 2.86. The van der Waals surface area contributed by atoms with E-state index in [1.54, 1.807) is 72.8 Å². The van der Waals surface area contributed by atoms with Crippen molar-refractivity contribution in [2.24, 2.45) is 0 Å². The summed E-state index contributed by atoms with van der Waals surface area (Å²) in [6.45, 7) is -0.270. The third kappa shape index (κ3) is 6.51. The topological polar surface area (TPSA) is 114 Å². The number of hydrogen-bond donors (Lipinski definition) is 3. The SMILES string of the molecule is COC(=O)CNC(=O)c1cccc(NC(=O)C(NC(=O)c2ccccc2)c2ccccc2)c1. The van der Waals surface area contributed by atoms with Crippen LogP contribution in [0.25, 0.3) is 0 Å². The van der Waals surface area contributed by atoms with Gasteiger partial charge in [-0.2, -0.15) is 0 Å². The van der Waals surface area contributed by atoms with Crippen LogP contribution in [-0.2, 0) is 14.3 Å². The van der Waals surface area contributed by atoms with Gasteiger partial charge in [0.15, 0.2) is 0 Å². The maximum Gasteiger partial charge on any atom is 0.325 e. The minimum atomic E-state index is -0.962. The Balaban J connectivity index is 1.76. The lowest BCUT2D eigenvalue weighted by atomic mass is 10.0. The molecule has 0 aliphatic carbocycles. The maximum absolute atomic E-state index is 13.1. The van der Waals surface area contributed by atoms with Gasteiger partial charge in [-0.1, -0.05) is 54.6 Å². The molecule has 3 aromatic carbocycles. The van der Waals surface area contributed by atoms with Crippen molar-refractivity contribution in [2.45, 2.75) is 6.04 Å². The molecule has 0 heterocycles. The zero-order valence-electron chi connectivity index (χ0n) is 17.9. The van der Waals surface area contributed by atoms with Crippen molar-refractivity contribution in [3.05, 3.63) is 102 Å². The molecule has 3 N–H and O–H groups in total. The molecule has 3 aromatic rings. The van der Waals surface area contributed by atoms with Crippen LogP contribution >= 0.6 is 0 Å². The Bertz CT molecular complexity index is 1130. The fourth-order valence-electron chi connectivity index (χ4n) is 3.03. The maximum atomic E-state index is 13.1. The largest absolute Gasteiger partial charge is 0.468 e. The number of nitrogens with one attached hydrogen (secondary N) is 3. The first kappa shape index (κ1) is 23.2. The third-order valence-electron chi connectivity index (χ3n) is 4.72. The molecule has 8 nitrogen and oxygen atoms in total. The summed E-state index contributed by atoms with van der Waals surface area (Å²) < 4.78 is 4.50. The van der Waals surface area contributed by atoms with Crippen LogP contribution in [0, 0.1) is 0 Å². The Morgan fingerprint density at radius 1 is 0.788 bits per heavy atom. The highest BCUT2D eigenvalue weighted by molar-refractivity contribution is 6.02. The second-order valence-electron chi connectivity index (χ2n) is 7.01. The lowest BCUT2D eigenvalue weighted by molar-refractivity contribution is -0.139. The van der Waals surface area contributed by atoms with Crippen LogP contribution in [0.4, 0.5) is 5.69 Å². The number of anilines is 1. The second-order valence-corrected chi connectivity index (χ2v) is 7.01. The van der Waals surface area contributed by atoms with Gasteiger partial charge in [0, 0.05) is 16.8 Å². The van der Waals surface area contributed by atoms with E-state index in [0.717, 1.165) is 0 Å². The smallest absolute Gasteiger partial charge is 0.325 e. The fraction of sp³-hybridized carbons (Fsp3) is 0.120. The van der Waals surface area contributed by atoms with E-state index in [1.807, 2.05) is 6.07 Å². The fourth-order valence-corrected chi connectivity index (χ4v) is 3.03. The van der Waals surface area contributed by atoms with Crippen molar-refractivity contribution in [3.8, 4) is 0 Å². The van der Waals surface area contributed by atoms with Crippen LogP contribution in [0.2, 0.25) is 0 Å². The number of carbonyl (C=O) groups is 4. The number of hydrogen-bond acceptors (Lipinski definition) is 5. The van der Waals surface area contributed by atoms with Crippen molar-refractivity contribution in [1.82, 2.24) is 10.6 Å². The average molecular weight is 445 g/mol. The predicted molar refractivity (Wildman–Crippen MR) is 123 cm³/mol. The predicted octanol–water partition coefficient (Wildman–Crippen LogP) is 2.70. The molecule has 0 aliphatic heterocycles. The molecular formula is C25H23N3O5. The summed E-state index contributed by atoms with van der Waals surface area (Å²) in [5, 5.41) is 7.95. The Morgan fingerprint density at radius 3 is 2.09 bits per heavy atom. The molecule has 0 saturated carbocycles. The molecule has 1 unspecified atom stereocenters. The molecule has 168 valence electrons. The van der Waals surface area contributed by atoms with Crippen LogP contribution in [0.5, 0.6) is 0 Å². The quantitative estimate of drug-likeness (QED) is 0.462. The first-order valence-corrected chi connectivity index (χ1v) is 10.1. The minimum Gasteiger partial charge on any atom is -0.468 e. The van der Waals surface area contributed by atoms with Crippen LogP contribution in [0.15, 0.2) is 84.9 Å². The number of amides is 3. The second kappa shape index (κ2) is 11.2. The summed E-state index contributed by atoms with van der Waals surface area (Å²) in [5.74, 6) is -1.94. The van der Waals surface area contributed by atoms with E-state index in [1.165, 1.54) is 13.2 Å². The highest BCUT2D eigenvalue weighted by atomic mass is 16.5. The van der Waals surface area contributed by atoms with Gasteiger partial charge in [0.25, 0.3) is 17.7 Å². The van der Waals surface area contributed by atoms with E-state index in [2.05, 4.69) is 20.7 Å². The number of esters is 1. The lowest BCUT2D eigenvalue weighted by Crippen LogP contribution is -2.37. The molecule has 0 fully saturated rings. The Morgan fingerprint density at radius 2 is 1.42 bits per heavy atom. The van der Waals surface area contributed by atoms with Gasteiger partial charge in [0.1, 0.15) is 12.6 Å². The summed E-state index contributed by atoms with van der Waals surface area (Å²) in [6.07, 6.45) is 0. The molecule has 0 saturated heterocycles. The van der Waals surface area contributed by atoms with Crippen LogP contribution < -0.4 is 16.0 Å². The van der Waals surface area contributed by atoms with Crippen molar-refractivity contribution < 1.29 is 23.9 Å². The van der Waals surface area contributed by atoms with Gasteiger partial charge < -0.3 is 20.7 Å². The molecule has 0 aromatic heterocycles. The molecule has 3 rings (SSSR count). The van der Waals surface area contributed by atoms with E-state index in [9.17, 15) is 19.2 Å². The minimum absolute atomic E-state index is 0.251. The number of benzene rings is 3. The Kier molecular flexibility index (Phi) is 7.91. The first-order valence-electron chi connectivity index (χ1n) is 10.1. The molecular weight excluding hydrogens is 422 g/mol. The van der Waals surface area contributed by atoms with Crippen molar-refractivity contribution in [3.63, 3.8) is 0 Å². The summed E-state index contributed by atoms with van der Waals surface area (Å²) in [7, 11) is 1.23. The van der Waals surface area contributed by atoms with E-state index in [-0.39, 0.29) is 12.1 Å². The van der Waals surface area contributed by atoms with Gasteiger partial charge in [-0.25, -0.2) is 0 Å². The summed E-state index contributed by atoms with van der Waals surface area (Å²) in [6, 6.07) is 22.7. The molecule has 1 atom stereocenters. The van der Waals surface area contributed by atoms with Crippen molar-refractivity contribution in [1.29, 1.82) is 0 Å². The molecule has 0 bridgehead atoms. The van der Waals surface area contributed by atoms with Gasteiger partial charge in [0.2, 0.25) is 0 Å². The highest BCUT2D eigenvalue weighted by Crippen LogP contribution is 2.18. The number of carbonyl (C=O) groups excluding carboxylic acids is 4. The van der Waals surface area contributed by atoms with E-state index < -0.39 is 29.7 Å². The van der Waals surface area contributed by atoms with E-state index >= 15 is 0 Å². The van der Waals surface area contributed by atoms with Gasteiger partial charge >= 0.3 is 5.97 Å². The van der Waals surface area contributed by atoms with Gasteiger partial charge in [-0.3, -0.25) is 19.2 Å². The Labute approximate surface area is 191 Å². The highest BCUT2D eigenvalue weighted by Gasteiger charge is 2.23. The zero-order chi connectivity index (χ0) is 23.6. The monoisotopic (exact) mass is 445 g/mol. The molecule has 3 amide bonds. The van der Waals surface area contributed by atoms with Gasteiger partial charge in [-0.15, -0.1) is 0 Å². The van der Waals surface area contributed by atoms with Crippen molar-refractivity contribution in [2.75, 3.05) is 19.0 Å². The first-order chi connectivity index (χ1) is 16.0. The molecule has 8 heteroatoms. The number of ether oxygens (including phenoxy) is 1. The lowest BCUT2D eigenvalue weighted by Gasteiger charge is -2.19. The zero-order valence-corrected chi connectivity index (χ0v) is 17.9. The van der Waals surface area contributed by atoms with Crippen LogP contribution in [0.1, 0.15) is 32.3 Å². The summed E-state index contributed by atoms with van der Waals surface area (Å²) in [4.78, 5) is 49.3. The third-order valence-corrected chi connectivity index (χ3v) is 4.72. The van der Waals surface area contributed by atoms with E-state index in [4.69, 9.17) is 0 Å².